The average Bonchev–Trinajstić information content (AvgIpc) is 3.18. The smallest absolute Gasteiger partial charge is 0.227 e. The summed E-state index contributed by atoms with van der Waals surface area (Å²) in [7, 11) is 0. The van der Waals surface area contributed by atoms with Gasteiger partial charge in [-0.05, 0) is 55.5 Å². The Morgan fingerprint density at radius 3 is 2.87 bits per heavy atom. The topological polar surface area (TPSA) is 45.7 Å². The SMILES string of the molecule is CCc1cc2c(s1)CCO[C@@]21CCN(CC2CN(C(=O)Cc3ccncc3)C2)[C@@H](C)C1. The Hall–Kier alpha value is -1.76. The highest BCUT2D eigenvalue weighted by Gasteiger charge is 2.45. The van der Waals surface area contributed by atoms with Crippen molar-refractivity contribution in [1.82, 2.24) is 14.8 Å². The van der Waals surface area contributed by atoms with Crippen molar-refractivity contribution in [2.45, 2.75) is 57.6 Å². The summed E-state index contributed by atoms with van der Waals surface area (Å²) in [6.45, 7) is 9.43. The summed E-state index contributed by atoms with van der Waals surface area (Å²) < 4.78 is 6.48. The highest BCUT2D eigenvalue weighted by atomic mass is 32.1. The van der Waals surface area contributed by atoms with Gasteiger partial charge in [-0.1, -0.05) is 6.92 Å². The lowest BCUT2D eigenvalue weighted by atomic mass is 9.79. The van der Waals surface area contributed by atoms with Crippen LogP contribution in [0.25, 0.3) is 0 Å². The highest BCUT2D eigenvalue weighted by Crippen LogP contribution is 2.46. The van der Waals surface area contributed by atoms with E-state index in [-0.39, 0.29) is 11.5 Å². The fraction of sp³-hybridized carbons (Fsp3) is 0.600. The first-order chi connectivity index (χ1) is 15.1. The van der Waals surface area contributed by atoms with Crippen molar-refractivity contribution in [3.63, 3.8) is 0 Å². The van der Waals surface area contributed by atoms with Crippen molar-refractivity contribution in [1.29, 1.82) is 0 Å². The molecule has 3 aliphatic rings. The number of likely N-dealkylation sites (tertiary alicyclic amines) is 2. The zero-order valence-corrected chi connectivity index (χ0v) is 19.5. The summed E-state index contributed by atoms with van der Waals surface area (Å²) in [6, 6.07) is 6.79. The maximum atomic E-state index is 12.5. The van der Waals surface area contributed by atoms with E-state index in [1.54, 1.807) is 17.3 Å². The average molecular weight is 440 g/mol. The van der Waals surface area contributed by atoms with E-state index < -0.39 is 0 Å². The third-order valence-corrected chi connectivity index (χ3v) is 8.70. The molecule has 1 amide bonds. The molecule has 3 aliphatic heterocycles. The summed E-state index contributed by atoms with van der Waals surface area (Å²) in [5.41, 5.74) is 2.47. The van der Waals surface area contributed by atoms with E-state index in [0.29, 0.717) is 18.4 Å². The predicted octanol–water partition coefficient (Wildman–Crippen LogP) is 3.66. The molecule has 2 saturated heterocycles. The van der Waals surface area contributed by atoms with E-state index in [9.17, 15) is 4.79 Å². The number of aryl methyl sites for hydroxylation is 1. The molecule has 5 nitrogen and oxygen atoms in total. The van der Waals surface area contributed by atoms with Crippen molar-refractivity contribution in [2.24, 2.45) is 5.92 Å². The molecule has 0 aliphatic carbocycles. The molecule has 1 spiro atoms. The fourth-order valence-electron chi connectivity index (χ4n) is 5.55. The van der Waals surface area contributed by atoms with Crippen LogP contribution in [0.3, 0.4) is 0 Å². The summed E-state index contributed by atoms with van der Waals surface area (Å²) in [5.74, 6) is 0.828. The number of ether oxygens (including phenoxy) is 1. The first-order valence-corrected chi connectivity index (χ1v) is 12.5. The van der Waals surface area contributed by atoms with E-state index in [1.165, 1.54) is 10.4 Å². The van der Waals surface area contributed by atoms with Gasteiger partial charge in [0.2, 0.25) is 5.91 Å². The number of fused-ring (bicyclic) bond motifs is 2. The Bertz CT molecular complexity index is 924. The van der Waals surface area contributed by atoms with Crippen LogP contribution in [-0.4, -0.2) is 59.5 Å². The quantitative estimate of drug-likeness (QED) is 0.713. The van der Waals surface area contributed by atoms with Gasteiger partial charge in [0.25, 0.3) is 0 Å². The van der Waals surface area contributed by atoms with Crippen molar-refractivity contribution in [3.05, 3.63) is 51.5 Å². The Morgan fingerprint density at radius 2 is 2.13 bits per heavy atom. The number of thiophene rings is 1. The Morgan fingerprint density at radius 1 is 1.32 bits per heavy atom. The first-order valence-electron chi connectivity index (χ1n) is 11.7. The molecule has 0 radical (unpaired) electrons. The van der Waals surface area contributed by atoms with Crippen LogP contribution in [0, 0.1) is 5.92 Å². The van der Waals surface area contributed by atoms with Gasteiger partial charge in [0.1, 0.15) is 0 Å². The van der Waals surface area contributed by atoms with E-state index in [4.69, 9.17) is 4.74 Å². The summed E-state index contributed by atoms with van der Waals surface area (Å²) in [4.78, 5) is 24.2. The molecule has 2 atom stereocenters. The maximum Gasteiger partial charge on any atom is 0.227 e. The minimum Gasteiger partial charge on any atom is -0.370 e. The largest absolute Gasteiger partial charge is 0.370 e. The standard InChI is InChI=1S/C25H33N3O2S/c1-3-21-13-22-23(31-21)6-11-30-25(22)7-10-27(18(2)14-25)15-20-16-28(17-20)24(29)12-19-4-8-26-9-5-19/h4-5,8-9,13,18,20H,3,6-7,10-12,14-17H2,1-2H3/t18-,25+/m0/s1. The Balaban J connectivity index is 1.14. The summed E-state index contributed by atoms with van der Waals surface area (Å²) in [6.07, 6.45) is 8.35. The van der Waals surface area contributed by atoms with Gasteiger partial charge in [0.15, 0.2) is 0 Å². The van der Waals surface area contributed by atoms with Crippen molar-refractivity contribution in [3.8, 4) is 0 Å². The minimum absolute atomic E-state index is 0.0699. The van der Waals surface area contributed by atoms with Crippen molar-refractivity contribution < 1.29 is 9.53 Å². The van der Waals surface area contributed by atoms with Gasteiger partial charge in [-0.25, -0.2) is 0 Å². The third-order valence-electron chi connectivity index (χ3n) is 7.37. The monoisotopic (exact) mass is 439 g/mol. The van der Waals surface area contributed by atoms with Gasteiger partial charge in [-0.2, -0.15) is 0 Å². The third kappa shape index (κ3) is 4.18. The molecule has 2 aromatic heterocycles. The normalized spacial score (nSPS) is 26.6. The molecule has 5 heterocycles. The molecule has 2 fully saturated rings. The predicted molar refractivity (Wildman–Crippen MR) is 123 cm³/mol. The van der Waals surface area contributed by atoms with Crippen LogP contribution in [-0.2, 0) is 34.4 Å². The van der Waals surface area contributed by atoms with Crippen LogP contribution in [0.2, 0.25) is 0 Å². The van der Waals surface area contributed by atoms with Crippen LogP contribution < -0.4 is 0 Å². The summed E-state index contributed by atoms with van der Waals surface area (Å²) in [5, 5.41) is 0. The van der Waals surface area contributed by atoms with Crippen LogP contribution in [0.1, 0.15) is 47.6 Å². The molecule has 0 saturated carbocycles. The second kappa shape index (κ2) is 8.64. The van der Waals surface area contributed by atoms with E-state index in [1.807, 2.05) is 28.4 Å². The van der Waals surface area contributed by atoms with Crippen molar-refractivity contribution >= 4 is 17.2 Å². The van der Waals surface area contributed by atoms with Gasteiger partial charge in [0.05, 0.1) is 18.6 Å². The molecular weight excluding hydrogens is 406 g/mol. The van der Waals surface area contributed by atoms with E-state index in [0.717, 1.165) is 64.0 Å². The maximum absolute atomic E-state index is 12.5. The van der Waals surface area contributed by atoms with Gasteiger partial charge < -0.3 is 14.5 Å². The molecule has 0 unspecified atom stereocenters. The number of pyridine rings is 1. The molecule has 31 heavy (non-hydrogen) atoms. The number of piperidine rings is 1. The second-order valence-electron chi connectivity index (χ2n) is 9.49. The second-order valence-corrected chi connectivity index (χ2v) is 10.7. The van der Waals surface area contributed by atoms with Crippen LogP contribution in [0.15, 0.2) is 30.6 Å². The Kier molecular flexibility index (Phi) is 5.88. The van der Waals surface area contributed by atoms with E-state index in [2.05, 4.69) is 29.8 Å². The van der Waals surface area contributed by atoms with E-state index >= 15 is 0 Å². The van der Waals surface area contributed by atoms with Crippen molar-refractivity contribution in [2.75, 3.05) is 32.8 Å². The number of hydrogen-bond donors (Lipinski definition) is 0. The molecule has 6 heteroatoms. The molecule has 2 aromatic rings. The molecule has 0 N–H and O–H groups in total. The Labute approximate surface area is 189 Å². The molecular formula is C25H33N3O2S. The lowest BCUT2D eigenvalue weighted by Gasteiger charge is -2.49. The van der Waals surface area contributed by atoms with Crippen LogP contribution >= 0.6 is 11.3 Å². The van der Waals surface area contributed by atoms with Gasteiger partial charge in [-0.3, -0.25) is 9.78 Å². The molecule has 5 rings (SSSR count). The number of nitrogens with zero attached hydrogens (tertiary/aromatic N) is 3. The van der Waals surface area contributed by atoms with Crippen LogP contribution in [0.4, 0.5) is 0 Å². The zero-order valence-electron chi connectivity index (χ0n) is 18.7. The number of carbonyl (C=O) groups excluding carboxylic acids is 1. The fourth-order valence-corrected chi connectivity index (χ4v) is 6.73. The zero-order chi connectivity index (χ0) is 21.4. The van der Waals surface area contributed by atoms with Crippen LogP contribution in [0.5, 0.6) is 0 Å². The number of aromatic nitrogens is 1. The molecule has 0 bridgehead atoms. The van der Waals surface area contributed by atoms with Gasteiger partial charge >= 0.3 is 0 Å². The van der Waals surface area contributed by atoms with Gasteiger partial charge in [-0.15, -0.1) is 11.3 Å². The summed E-state index contributed by atoms with van der Waals surface area (Å²) >= 11 is 2.00. The number of rotatable bonds is 5. The molecule has 166 valence electrons. The first kappa shape index (κ1) is 21.1. The van der Waals surface area contributed by atoms with Gasteiger partial charge in [0, 0.05) is 66.7 Å². The number of hydrogen-bond acceptors (Lipinski definition) is 5. The number of amides is 1. The lowest BCUT2D eigenvalue weighted by molar-refractivity contribution is -0.139. The highest BCUT2D eigenvalue weighted by molar-refractivity contribution is 7.12. The lowest BCUT2D eigenvalue weighted by Crippen LogP contribution is -2.57. The molecule has 0 aromatic carbocycles. The number of carbonyl (C=O) groups is 1. The minimum atomic E-state index is -0.0699.